The lowest BCUT2D eigenvalue weighted by atomic mass is 10.2. The Hall–Kier alpha value is -1.87. The minimum atomic E-state index is -0.511. The quantitative estimate of drug-likeness (QED) is 0.837. The van der Waals surface area contributed by atoms with E-state index in [0.29, 0.717) is 15.7 Å². The number of hydrogen-bond acceptors (Lipinski definition) is 7. The number of ether oxygens (including phenoxy) is 1. The van der Waals surface area contributed by atoms with Crippen LogP contribution in [0.4, 0.5) is 5.00 Å². The highest BCUT2D eigenvalue weighted by Crippen LogP contribution is 2.29. The van der Waals surface area contributed by atoms with E-state index >= 15 is 0 Å². The van der Waals surface area contributed by atoms with Crippen molar-refractivity contribution in [3.8, 4) is 0 Å². The van der Waals surface area contributed by atoms with Gasteiger partial charge in [0.2, 0.25) is 11.8 Å². The number of thiophene rings is 1. The third kappa shape index (κ3) is 3.30. The van der Waals surface area contributed by atoms with Gasteiger partial charge in [-0.3, -0.25) is 19.5 Å². The first-order valence-corrected chi connectivity index (χ1v) is 8.10. The number of anilines is 1. The molecule has 0 bridgehead atoms. The standard InChI is InChI=1S/C13H15N3O4S2/c1-14-13-16(2)11(18)8(22-13)6-9(17)15-10-7(4-5-21-10)12(19)20-3/h4-5,8H,6H2,1-3H3,(H,15,17)/t8-/m0/s1. The van der Waals surface area contributed by atoms with Crippen LogP contribution in [0.25, 0.3) is 0 Å². The van der Waals surface area contributed by atoms with E-state index in [0.717, 1.165) is 0 Å². The fourth-order valence-corrected chi connectivity index (χ4v) is 3.81. The van der Waals surface area contributed by atoms with Gasteiger partial charge in [0.05, 0.1) is 12.7 Å². The third-order valence-electron chi connectivity index (χ3n) is 3.03. The fraction of sp³-hybridized carbons (Fsp3) is 0.385. The first-order chi connectivity index (χ1) is 10.5. The topological polar surface area (TPSA) is 88.1 Å². The molecule has 1 saturated heterocycles. The Morgan fingerprint density at radius 2 is 2.23 bits per heavy atom. The second-order valence-corrected chi connectivity index (χ2v) is 6.50. The molecule has 2 heterocycles. The van der Waals surface area contributed by atoms with Gasteiger partial charge in [-0.15, -0.1) is 11.3 Å². The molecule has 0 spiro atoms. The van der Waals surface area contributed by atoms with Crippen molar-refractivity contribution < 1.29 is 19.1 Å². The molecule has 1 aromatic rings. The molecule has 2 amide bonds. The minimum absolute atomic E-state index is 0.0192. The van der Waals surface area contributed by atoms with Crippen molar-refractivity contribution in [2.45, 2.75) is 11.7 Å². The van der Waals surface area contributed by atoms with E-state index in [1.165, 1.54) is 35.1 Å². The van der Waals surface area contributed by atoms with Crippen LogP contribution in [0.5, 0.6) is 0 Å². The predicted octanol–water partition coefficient (Wildman–Crippen LogP) is 1.42. The van der Waals surface area contributed by atoms with Crippen LogP contribution in [-0.4, -0.2) is 54.3 Å². The lowest BCUT2D eigenvalue weighted by molar-refractivity contribution is -0.127. The van der Waals surface area contributed by atoms with E-state index < -0.39 is 11.2 Å². The van der Waals surface area contributed by atoms with Gasteiger partial charge in [0.1, 0.15) is 10.3 Å². The van der Waals surface area contributed by atoms with E-state index in [1.54, 1.807) is 25.5 Å². The molecule has 1 atom stereocenters. The summed E-state index contributed by atoms with van der Waals surface area (Å²) in [5.41, 5.74) is 0.305. The zero-order chi connectivity index (χ0) is 16.3. The summed E-state index contributed by atoms with van der Waals surface area (Å²) >= 11 is 2.49. The van der Waals surface area contributed by atoms with E-state index in [-0.39, 0.29) is 18.2 Å². The summed E-state index contributed by atoms with van der Waals surface area (Å²) in [7, 11) is 4.51. The van der Waals surface area contributed by atoms with Gasteiger partial charge in [-0.25, -0.2) is 4.79 Å². The Morgan fingerprint density at radius 3 is 2.82 bits per heavy atom. The van der Waals surface area contributed by atoms with E-state index in [2.05, 4.69) is 15.0 Å². The molecule has 1 aliphatic rings. The van der Waals surface area contributed by atoms with Gasteiger partial charge < -0.3 is 10.1 Å². The van der Waals surface area contributed by atoms with Crippen molar-refractivity contribution in [1.29, 1.82) is 0 Å². The van der Waals surface area contributed by atoms with Crippen molar-refractivity contribution in [3.05, 3.63) is 17.0 Å². The number of amidine groups is 1. The summed E-state index contributed by atoms with van der Waals surface area (Å²) in [5, 5.41) is 4.86. The largest absolute Gasteiger partial charge is 0.465 e. The van der Waals surface area contributed by atoms with Gasteiger partial charge in [-0.1, -0.05) is 11.8 Å². The molecule has 1 aromatic heterocycles. The maximum absolute atomic E-state index is 12.1. The van der Waals surface area contributed by atoms with Crippen LogP contribution in [0.2, 0.25) is 0 Å². The molecule has 0 aliphatic carbocycles. The smallest absolute Gasteiger partial charge is 0.340 e. The predicted molar refractivity (Wildman–Crippen MR) is 86.4 cm³/mol. The summed E-state index contributed by atoms with van der Waals surface area (Å²) in [6.45, 7) is 0. The number of rotatable bonds is 4. The molecule has 22 heavy (non-hydrogen) atoms. The first kappa shape index (κ1) is 16.5. The van der Waals surface area contributed by atoms with E-state index in [9.17, 15) is 14.4 Å². The van der Waals surface area contributed by atoms with Crippen molar-refractivity contribution in [3.63, 3.8) is 0 Å². The first-order valence-electron chi connectivity index (χ1n) is 6.34. The highest BCUT2D eigenvalue weighted by Gasteiger charge is 2.36. The molecular formula is C13H15N3O4S2. The average Bonchev–Trinajstić information content (AvgIpc) is 3.06. The third-order valence-corrected chi connectivity index (χ3v) is 5.18. The number of nitrogens with zero attached hydrogens (tertiary/aromatic N) is 2. The van der Waals surface area contributed by atoms with Crippen LogP contribution in [-0.2, 0) is 14.3 Å². The molecular weight excluding hydrogens is 326 g/mol. The minimum Gasteiger partial charge on any atom is -0.465 e. The molecule has 1 fully saturated rings. The van der Waals surface area contributed by atoms with Gasteiger partial charge in [0.25, 0.3) is 0 Å². The molecule has 118 valence electrons. The Morgan fingerprint density at radius 1 is 1.50 bits per heavy atom. The number of amides is 2. The summed E-state index contributed by atoms with van der Waals surface area (Å²) in [4.78, 5) is 41.1. The number of esters is 1. The van der Waals surface area contributed by atoms with Crippen molar-refractivity contribution >= 4 is 51.1 Å². The molecule has 0 aromatic carbocycles. The number of thioether (sulfide) groups is 1. The lowest BCUT2D eigenvalue weighted by Gasteiger charge is -2.09. The Balaban J connectivity index is 2.01. The second kappa shape index (κ2) is 6.93. The van der Waals surface area contributed by atoms with Gasteiger partial charge in [-0.05, 0) is 11.4 Å². The number of carbonyl (C=O) groups is 3. The fourth-order valence-electron chi connectivity index (χ4n) is 1.92. The molecule has 0 radical (unpaired) electrons. The molecule has 1 aliphatic heterocycles. The molecule has 2 rings (SSSR count). The van der Waals surface area contributed by atoms with Gasteiger partial charge >= 0.3 is 5.97 Å². The normalized spacial score (nSPS) is 19.6. The maximum atomic E-state index is 12.1. The van der Waals surface area contributed by atoms with Crippen LogP contribution in [0.1, 0.15) is 16.8 Å². The molecule has 0 saturated carbocycles. The number of aliphatic imine (C=N–C) groups is 1. The van der Waals surface area contributed by atoms with Crippen LogP contribution in [0, 0.1) is 0 Å². The summed E-state index contributed by atoms with van der Waals surface area (Å²) in [6, 6.07) is 1.58. The summed E-state index contributed by atoms with van der Waals surface area (Å²) in [5.74, 6) is -0.993. The highest BCUT2D eigenvalue weighted by molar-refractivity contribution is 8.15. The average molecular weight is 341 g/mol. The molecule has 9 heteroatoms. The van der Waals surface area contributed by atoms with E-state index in [1.807, 2.05) is 0 Å². The summed E-state index contributed by atoms with van der Waals surface area (Å²) < 4.78 is 4.65. The van der Waals surface area contributed by atoms with Gasteiger partial charge in [-0.2, -0.15) is 0 Å². The zero-order valence-corrected chi connectivity index (χ0v) is 13.9. The second-order valence-electron chi connectivity index (χ2n) is 4.42. The van der Waals surface area contributed by atoms with Crippen molar-refractivity contribution in [2.75, 3.05) is 26.5 Å². The number of nitrogens with one attached hydrogen (secondary N) is 1. The van der Waals surface area contributed by atoms with Crippen LogP contribution < -0.4 is 5.32 Å². The van der Waals surface area contributed by atoms with Crippen LogP contribution in [0.3, 0.4) is 0 Å². The summed E-state index contributed by atoms with van der Waals surface area (Å²) in [6.07, 6.45) is 0.0192. The maximum Gasteiger partial charge on any atom is 0.340 e. The van der Waals surface area contributed by atoms with Gasteiger partial charge in [0, 0.05) is 20.5 Å². The Labute approximate surface area is 135 Å². The molecule has 0 unspecified atom stereocenters. The van der Waals surface area contributed by atoms with E-state index in [4.69, 9.17) is 0 Å². The Bertz CT molecular complexity index is 641. The van der Waals surface area contributed by atoms with Crippen molar-refractivity contribution in [2.24, 2.45) is 4.99 Å². The molecule has 7 nitrogen and oxygen atoms in total. The van der Waals surface area contributed by atoms with Gasteiger partial charge in [0.15, 0.2) is 5.17 Å². The Kier molecular flexibility index (Phi) is 5.19. The van der Waals surface area contributed by atoms with Crippen LogP contribution >= 0.6 is 23.1 Å². The highest BCUT2D eigenvalue weighted by atomic mass is 32.2. The van der Waals surface area contributed by atoms with Crippen LogP contribution in [0.15, 0.2) is 16.4 Å². The van der Waals surface area contributed by atoms with Crippen molar-refractivity contribution in [1.82, 2.24) is 4.90 Å². The SMILES string of the molecule is CN=C1S[C@@H](CC(=O)Nc2sccc2C(=O)OC)C(=O)N1C. The lowest BCUT2D eigenvalue weighted by Crippen LogP contribution is -2.30. The molecule has 1 N–H and O–H groups in total. The zero-order valence-electron chi connectivity index (χ0n) is 12.3. The number of hydrogen-bond donors (Lipinski definition) is 1. The monoisotopic (exact) mass is 341 g/mol. The number of methoxy groups -OCH3 is 1. The number of carbonyl (C=O) groups excluding carboxylic acids is 3.